The highest BCUT2D eigenvalue weighted by molar-refractivity contribution is 5.84. The lowest BCUT2D eigenvalue weighted by Crippen LogP contribution is -2.35. The first-order chi connectivity index (χ1) is 14.4. The summed E-state index contributed by atoms with van der Waals surface area (Å²) in [5.41, 5.74) is 1.28. The fraction of sp³-hybridized carbons (Fsp3) is 0.348. The van der Waals surface area contributed by atoms with Crippen molar-refractivity contribution in [3.63, 3.8) is 0 Å². The molecule has 0 spiro atoms. The molecule has 0 amide bonds. The van der Waals surface area contributed by atoms with Crippen molar-refractivity contribution in [2.45, 2.75) is 45.4 Å². The third-order valence-corrected chi connectivity index (χ3v) is 5.76. The van der Waals surface area contributed by atoms with Gasteiger partial charge in [0.1, 0.15) is 5.60 Å². The molecule has 0 aliphatic carbocycles. The molecule has 1 aliphatic rings. The number of carbonyl (C=O) groups excluding carboxylic acids is 1. The van der Waals surface area contributed by atoms with Crippen molar-refractivity contribution in [2.75, 3.05) is 6.61 Å². The minimum Gasteiger partial charge on any atom is -0.466 e. The smallest absolute Gasteiger partial charge is 0.309 e. The van der Waals surface area contributed by atoms with Crippen LogP contribution >= 0.6 is 0 Å². The van der Waals surface area contributed by atoms with Gasteiger partial charge in [-0.2, -0.15) is 0 Å². The van der Waals surface area contributed by atoms with Crippen molar-refractivity contribution < 1.29 is 19.7 Å². The summed E-state index contributed by atoms with van der Waals surface area (Å²) in [6, 6.07) is 11.4. The summed E-state index contributed by atoms with van der Waals surface area (Å²) in [4.78, 5) is 30.0. The van der Waals surface area contributed by atoms with Crippen molar-refractivity contribution in [1.29, 1.82) is 0 Å². The minimum absolute atomic E-state index is 0.0877. The zero-order chi connectivity index (χ0) is 21.5. The highest BCUT2D eigenvalue weighted by atomic mass is 16.5. The van der Waals surface area contributed by atoms with Crippen molar-refractivity contribution in [3.8, 4) is 11.4 Å². The van der Waals surface area contributed by atoms with Gasteiger partial charge in [-0.05, 0) is 37.1 Å². The Hall–Kier alpha value is -3.03. The molecule has 1 atom stereocenters. The second kappa shape index (κ2) is 7.66. The molecule has 3 aromatic rings. The lowest BCUT2D eigenvalue weighted by Gasteiger charge is -2.29. The molecule has 1 aliphatic heterocycles. The lowest BCUT2D eigenvalue weighted by molar-refractivity contribution is -0.149. The van der Waals surface area contributed by atoms with Crippen LogP contribution < -0.4 is 5.56 Å². The standard InChI is InChI=1S/C23H24N2O5/c1-3-23(29,11-20(27)30-4-2)17-10-19-21-15(12-25(19)22(28)16(17)13-26)9-14-7-5-6-8-18(14)24-21/h5-10,26,29H,3-4,11-13H2,1-2H3. The van der Waals surface area contributed by atoms with Crippen molar-refractivity contribution in [2.24, 2.45) is 0 Å². The number of fused-ring (bicyclic) bond motifs is 4. The van der Waals surface area contributed by atoms with E-state index >= 15 is 0 Å². The number of aliphatic hydroxyl groups is 2. The summed E-state index contributed by atoms with van der Waals surface area (Å²) in [5.74, 6) is -0.559. The maximum absolute atomic E-state index is 13.2. The number of para-hydroxylation sites is 1. The van der Waals surface area contributed by atoms with Gasteiger partial charge in [0, 0.05) is 16.5 Å². The topological polar surface area (TPSA) is 102 Å². The van der Waals surface area contributed by atoms with E-state index in [1.54, 1.807) is 24.5 Å². The quantitative estimate of drug-likeness (QED) is 0.475. The second-order valence-electron chi connectivity index (χ2n) is 7.53. The monoisotopic (exact) mass is 408 g/mol. The van der Waals surface area contributed by atoms with Crippen molar-refractivity contribution in [3.05, 3.63) is 63.4 Å². The average Bonchev–Trinajstić information content (AvgIpc) is 3.10. The van der Waals surface area contributed by atoms with Crippen LogP contribution in [0.4, 0.5) is 0 Å². The Kier molecular flexibility index (Phi) is 5.17. The Balaban J connectivity index is 1.91. The number of esters is 1. The van der Waals surface area contributed by atoms with Crippen LogP contribution in [-0.2, 0) is 28.3 Å². The van der Waals surface area contributed by atoms with E-state index < -0.39 is 18.2 Å². The molecular formula is C23H24N2O5. The van der Waals surface area contributed by atoms with E-state index in [4.69, 9.17) is 9.72 Å². The van der Waals surface area contributed by atoms with Crippen LogP contribution in [0.1, 0.15) is 43.4 Å². The highest BCUT2D eigenvalue weighted by Gasteiger charge is 2.36. The maximum atomic E-state index is 13.2. The van der Waals surface area contributed by atoms with Gasteiger partial charge < -0.3 is 19.5 Å². The summed E-state index contributed by atoms with van der Waals surface area (Å²) in [7, 11) is 0. The van der Waals surface area contributed by atoms with Crippen molar-refractivity contribution >= 4 is 16.9 Å². The fourth-order valence-electron chi connectivity index (χ4n) is 4.14. The Bertz CT molecular complexity index is 1200. The zero-order valence-electron chi connectivity index (χ0n) is 17.0. The largest absolute Gasteiger partial charge is 0.466 e. The number of benzene rings is 1. The van der Waals surface area contributed by atoms with Gasteiger partial charge in [-0.1, -0.05) is 25.1 Å². The normalized spacial score (nSPS) is 14.3. The number of ether oxygens (including phenoxy) is 1. The van der Waals surface area contributed by atoms with Crippen LogP contribution in [0.3, 0.4) is 0 Å². The third-order valence-electron chi connectivity index (χ3n) is 5.76. The van der Waals surface area contributed by atoms with E-state index in [-0.39, 0.29) is 36.1 Å². The summed E-state index contributed by atoms with van der Waals surface area (Å²) in [5, 5.41) is 22.2. The molecule has 156 valence electrons. The number of aromatic nitrogens is 2. The number of rotatable bonds is 6. The van der Waals surface area contributed by atoms with Gasteiger partial charge in [0.15, 0.2) is 0 Å². The minimum atomic E-state index is -1.63. The second-order valence-corrected chi connectivity index (χ2v) is 7.53. The van der Waals surface area contributed by atoms with E-state index in [1.807, 2.05) is 30.3 Å². The molecular weight excluding hydrogens is 384 g/mol. The van der Waals surface area contributed by atoms with E-state index in [0.717, 1.165) is 16.5 Å². The predicted molar refractivity (Wildman–Crippen MR) is 112 cm³/mol. The molecule has 0 saturated carbocycles. The van der Waals surface area contributed by atoms with Crippen LogP contribution in [0.5, 0.6) is 0 Å². The molecule has 0 saturated heterocycles. The number of nitrogens with zero attached hydrogens (tertiary/aromatic N) is 2. The predicted octanol–water partition coefficient (Wildman–Crippen LogP) is 2.47. The third kappa shape index (κ3) is 3.20. The fourth-order valence-corrected chi connectivity index (χ4v) is 4.14. The maximum Gasteiger partial charge on any atom is 0.309 e. The van der Waals surface area contributed by atoms with Gasteiger partial charge in [0.05, 0.1) is 43.1 Å². The van der Waals surface area contributed by atoms with Gasteiger partial charge in [0.2, 0.25) is 0 Å². The van der Waals surface area contributed by atoms with Crippen LogP contribution in [0.25, 0.3) is 22.3 Å². The molecule has 1 aromatic carbocycles. The number of hydrogen-bond donors (Lipinski definition) is 2. The van der Waals surface area contributed by atoms with E-state index in [0.29, 0.717) is 17.9 Å². The summed E-state index contributed by atoms with van der Waals surface area (Å²) in [6.07, 6.45) is -0.120. The Morgan fingerprint density at radius 2 is 2.03 bits per heavy atom. The number of carbonyl (C=O) groups is 1. The molecule has 3 heterocycles. The van der Waals surface area contributed by atoms with Crippen LogP contribution in [-0.4, -0.2) is 32.3 Å². The van der Waals surface area contributed by atoms with Gasteiger partial charge in [-0.15, -0.1) is 0 Å². The molecule has 2 N–H and O–H groups in total. The number of pyridine rings is 2. The molecule has 1 unspecified atom stereocenters. The molecule has 2 aromatic heterocycles. The SMILES string of the molecule is CCOC(=O)CC(O)(CC)c1cc2n(c(=O)c1CO)Cc1cc3ccccc3nc1-2. The molecule has 7 heteroatoms. The van der Waals surface area contributed by atoms with E-state index in [1.165, 1.54) is 0 Å². The number of hydrogen-bond acceptors (Lipinski definition) is 6. The van der Waals surface area contributed by atoms with Gasteiger partial charge in [0.25, 0.3) is 5.56 Å². The summed E-state index contributed by atoms with van der Waals surface area (Å²) >= 11 is 0. The Morgan fingerprint density at radius 3 is 2.73 bits per heavy atom. The molecule has 0 fully saturated rings. The van der Waals surface area contributed by atoms with E-state index in [9.17, 15) is 19.8 Å². The molecule has 4 rings (SSSR count). The number of aliphatic hydroxyl groups excluding tert-OH is 1. The van der Waals surface area contributed by atoms with Crippen LogP contribution in [0, 0.1) is 0 Å². The molecule has 0 bridgehead atoms. The van der Waals surface area contributed by atoms with Gasteiger partial charge in [-0.25, -0.2) is 4.98 Å². The average molecular weight is 408 g/mol. The Labute approximate surface area is 173 Å². The first-order valence-electron chi connectivity index (χ1n) is 10.1. The summed E-state index contributed by atoms with van der Waals surface area (Å²) in [6.45, 7) is 3.42. The zero-order valence-corrected chi connectivity index (χ0v) is 17.0. The molecule has 7 nitrogen and oxygen atoms in total. The first-order valence-corrected chi connectivity index (χ1v) is 10.1. The highest BCUT2D eigenvalue weighted by Crippen LogP contribution is 2.37. The van der Waals surface area contributed by atoms with Crippen LogP contribution in [0.15, 0.2) is 41.2 Å². The summed E-state index contributed by atoms with van der Waals surface area (Å²) < 4.78 is 6.57. The molecule has 30 heavy (non-hydrogen) atoms. The van der Waals surface area contributed by atoms with Crippen LogP contribution in [0.2, 0.25) is 0 Å². The lowest BCUT2D eigenvalue weighted by atomic mass is 9.85. The van der Waals surface area contributed by atoms with Gasteiger partial charge >= 0.3 is 5.97 Å². The Morgan fingerprint density at radius 1 is 1.27 bits per heavy atom. The van der Waals surface area contributed by atoms with Gasteiger partial charge in [-0.3, -0.25) is 9.59 Å². The van der Waals surface area contributed by atoms with E-state index in [2.05, 4.69) is 0 Å². The molecule has 0 radical (unpaired) electrons. The first kappa shape index (κ1) is 20.3. The van der Waals surface area contributed by atoms with Crippen molar-refractivity contribution in [1.82, 2.24) is 9.55 Å².